The Labute approximate surface area is 188 Å². The van der Waals surface area contributed by atoms with Crippen molar-refractivity contribution < 1.29 is 19.4 Å². The number of fused-ring (bicyclic) bond motifs is 2. The smallest absolute Gasteiger partial charge is 0.239 e. The van der Waals surface area contributed by atoms with Gasteiger partial charge in [-0.15, -0.1) is 11.8 Å². The lowest BCUT2D eigenvalue weighted by molar-refractivity contribution is -0.134. The lowest BCUT2D eigenvalue weighted by atomic mass is 9.73. The van der Waals surface area contributed by atoms with Crippen LogP contribution in [0.1, 0.15) is 51.9 Å². The van der Waals surface area contributed by atoms with Crippen molar-refractivity contribution in [2.24, 2.45) is 11.8 Å². The fourth-order valence-electron chi connectivity index (χ4n) is 6.40. The normalized spacial score (nSPS) is 45.0. The average Bonchev–Trinajstić information content (AvgIpc) is 3.32. The number of amides is 1. The summed E-state index contributed by atoms with van der Waals surface area (Å²) in [6, 6.07) is 0.108. The number of alkyl halides is 1. The van der Waals surface area contributed by atoms with E-state index in [1.54, 1.807) is 6.92 Å². The molecule has 5 aliphatic rings. The molecular weight excluding hydrogens is 419 g/mol. The summed E-state index contributed by atoms with van der Waals surface area (Å²) in [6.07, 6.45) is 3.89. The van der Waals surface area contributed by atoms with Crippen molar-refractivity contribution in [2.75, 3.05) is 19.6 Å². The highest BCUT2D eigenvalue weighted by molar-refractivity contribution is 8.00. The summed E-state index contributed by atoms with van der Waals surface area (Å²) < 4.78 is 14.2. The molecule has 0 bridgehead atoms. The summed E-state index contributed by atoms with van der Waals surface area (Å²) in [4.78, 5) is 15.3. The van der Waals surface area contributed by atoms with E-state index in [0.717, 1.165) is 38.8 Å². The minimum Gasteiger partial charge on any atom is -0.393 e. The monoisotopic (exact) mass is 456 g/mol. The van der Waals surface area contributed by atoms with Crippen LogP contribution in [0.3, 0.4) is 0 Å². The van der Waals surface area contributed by atoms with Gasteiger partial charge in [-0.3, -0.25) is 15.4 Å². The van der Waals surface area contributed by atoms with Crippen LogP contribution >= 0.6 is 11.8 Å². The van der Waals surface area contributed by atoms with Gasteiger partial charge in [0.25, 0.3) is 0 Å². The van der Waals surface area contributed by atoms with Crippen molar-refractivity contribution in [3.8, 4) is 0 Å². The summed E-state index contributed by atoms with van der Waals surface area (Å²) in [5.41, 5.74) is -0.415. The third-order valence-corrected chi connectivity index (χ3v) is 9.80. The first-order valence-electron chi connectivity index (χ1n) is 12.1. The van der Waals surface area contributed by atoms with Crippen molar-refractivity contribution in [3.05, 3.63) is 0 Å². The van der Waals surface area contributed by atoms with Crippen molar-refractivity contribution in [1.29, 1.82) is 0 Å². The molecule has 176 valence electrons. The second-order valence-corrected chi connectivity index (χ2v) is 11.9. The minimum atomic E-state index is -0.902. The Bertz CT molecular complexity index is 681. The molecule has 2 aliphatic carbocycles. The third kappa shape index (κ3) is 4.51. The van der Waals surface area contributed by atoms with Gasteiger partial charge in [0.1, 0.15) is 11.7 Å². The molecule has 3 heterocycles. The largest absolute Gasteiger partial charge is 0.393 e. The number of thioether (sulfide) groups is 1. The Kier molecular flexibility index (Phi) is 6.29. The van der Waals surface area contributed by atoms with Gasteiger partial charge in [-0.2, -0.15) is 0 Å². The number of likely N-dealkylation sites (tertiary alicyclic amines) is 1. The highest BCUT2D eigenvalue weighted by Crippen LogP contribution is 2.41. The minimum absolute atomic E-state index is 0.0109. The number of carbonyl (C=O) groups excluding carboxylic acids is 1. The molecule has 0 spiro atoms. The Balaban J connectivity index is 1.15. The van der Waals surface area contributed by atoms with Gasteiger partial charge in [0, 0.05) is 37.0 Å². The maximum atomic E-state index is 14.2. The van der Waals surface area contributed by atoms with Crippen LogP contribution in [0.5, 0.6) is 0 Å². The Morgan fingerprint density at radius 2 is 2.10 bits per heavy atom. The molecular formula is C22H37FN4O3S. The molecule has 0 radical (unpaired) electrons. The molecule has 3 saturated heterocycles. The SMILES string of the molecule is CC(O)C1CC(F)CC2NC(C(=O)N3CCC4NC(NCC5(O)CCC5)SC4C3)CC21. The van der Waals surface area contributed by atoms with E-state index in [4.69, 9.17) is 0 Å². The molecule has 31 heavy (non-hydrogen) atoms. The molecule has 7 nitrogen and oxygen atoms in total. The number of hydrogen-bond donors (Lipinski definition) is 5. The molecule has 3 aliphatic heterocycles. The van der Waals surface area contributed by atoms with Gasteiger partial charge in [-0.05, 0) is 63.7 Å². The molecule has 0 aromatic heterocycles. The first-order chi connectivity index (χ1) is 14.8. The van der Waals surface area contributed by atoms with Gasteiger partial charge in [0.2, 0.25) is 5.91 Å². The lowest BCUT2D eigenvalue weighted by Crippen LogP contribution is -2.54. The summed E-state index contributed by atoms with van der Waals surface area (Å²) >= 11 is 1.83. The molecule has 9 unspecified atom stereocenters. The molecule has 5 fully saturated rings. The highest BCUT2D eigenvalue weighted by Gasteiger charge is 2.49. The molecule has 9 atom stereocenters. The van der Waals surface area contributed by atoms with Crippen LogP contribution in [-0.2, 0) is 4.79 Å². The van der Waals surface area contributed by atoms with Gasteiger partial charge in [0.05, 0.1) is 17.7 Å². The van der Waals surface area contributed by atoms with Gasteiger partial charge in [0.15, 0.2) is 0 Å². The zero-order chi connectivity index (χ0) is 21.8. The van der Waals surface area contributed by atoms with Gasteiger partial charge in [-0.1, -0.05) is 0 Å². The number of aliphatic hydroxyl groups is 2. The number of nitrogens with one attached hydrogen (secondary N) is 3. The number of aliphatic hydroxyl groups excluding tert-OH is 1. The highest BCUT2D eigenvalue weighted by atomic mass is 32.2. The molecule has 0 aromatic carbocycles. The summed E-state index contributed by atoms with van der Waals surface area (Å²) in [6.45, 7) is 3.83. The molecule has 9 heteroatoms. The Hall–Kier alpha value is -0.450. The maximum Gasteiger partial charge on any atom is 0.239 e. The zero-order valence-corrected chi connectivity index (χ0v) is 19.1. The number of halogens is 1. The van der Waals surface area contributed by atoms with Crippen LogP contribution < -0.4 is 16.0 Å². The topological polar surface area (TPSA) is 96.9 Å². The number of hydrogen-bond acceptors (Lipinski definition) is 7. The summed E-state index contributed by atoms with van der Waals surface area (Å²) in [7, 11) is 0. The fraction of sp³-hybridized carbons (Fsp3) is 0.955. The fourth-order valence-corrected chi connectivity index (χ4v) is 7.85. The molecule has 1 amide bonds. The average molecular weight is 457 g/mol. The van der Waals surface area contributed by atoms with Crippen LogP contribution in [0.2, 0.25) is 0 Å². The molecule has 2 saturated carbocycles. The quantitative estimate of drug-likeness (QED) is 0.412. The van der Waals surface area contributed by atoms with E-state index in [0.29, 0.717) is 37.1 Å². The van der Waals surface area contributed by atoms with E-state index in [-0.39, 0.29) is 35.3 Å². The zero-order valence-electron chi connectivity index (χ0n) is 18.3. The predicted molar refractivity (Wildman–Crippen MR) is 118 cm³/mol. The number of piperidine rings is 1. The van der Waals surface area contributed by atoms with Crippen molar-refractivity contribution in [2.45, 2.75) is 98.6 Å². The predicted octanol–water partition coefficient (Wildman–Crippen LogP) is 0.556. The van der Waals surface area contributed by atoms with Crippen LogP contribution in [0.4, 0.5) is 4.39 Å². The molecule has 5 N–H and O–H groups in total. The lowest BCUT2D eigenvalue weighted by Gasteiger charge is -2.37. The first-order valence-corrected chi connectivity index (χ1v) is 13.0. The van der Waals surface area contributed by atoms with Crippen LogP contribution in [0, 0.1) is 11.8 Å². The van der Waals surface area contributed by atoms with Crippen molar-refractivity contribution in [3.63, 3.8) is 0 Å². The number of rotatable bonds is 5. The van der Waals surface area contributed by atoms with E-state index in [1.165, 1.54) is 0 Å². The standard InChI is InChI=1S/C22H37FN4O3S/c1-12(28)14-7-13(23)8-17-15(14)9-18(25-17)20(29)27-6-3-16-19(10-27)31-21(26-16)24-11-22(30)4-2-5-22/h12-19,21,24-26,28,30H,2-11H2,1H3. The third-order valence-electron chi connectivity index (χ3n) is 8.39. The van der Waals surface area contributed by atoms with Crippen LogP contribution in [0.25, 0.3) is 0 Å². The van der Waals surface area contributed by atoms with Crippen molar-refractivity contribution in [1.82, 2.24) is 20.9 Å². The van der Waals surface area contributed by atoms with E-state index in [2.05, 4.69) is 16.0 Å². The number of nitrogens with zero attached hydrogens (tertiary/aromatic N) is 1. The summed E-state index contributed by atoms with van der Waals surface area (Å²) in [5.74, 6) is 0.233. The molecule has 0 aromatic rings. The van der Waals surface area contributed by atoms with Crippen LogP contribution in [-0.4, -0.2) is 87.4 Å². The van der Waals surface area contributed by atoms with E-state index >= 15 is 0 Å². The maximum absolute atomic E-state index is 14.2. The van der Waals surface area contributed by atoms with E-state index in [1.807, 2.05) is 16.7 Å². The molecule has 5 rings (SSSR count). The number of carbonyl (C=O) groups is 1. The summed E-state index contributed by atoms with van der Waals surface area (Å²) in [5, 5.41) is 31.3. The first kappa shape index (κ1) is 22.3. The van der Waals surface area contributed by atoms with Crippen LogP contribution in [0.15, 0.2) is 0 Å². The second kappa shape index (κ2) is 8.72. The van der Waals surface area contributed by atoms with Gasteiger partial charge < -0.3 is 20.4 Å². The Morgan fingerprint density at radius 3 is 2.81 bits per heavy atom. The van der Waals surface area contributed by atoms with E-state index in [9.17, 15) is 19.4 Å². The van der Waals surface area contributed by atoms with Gasteiger partial charge >= 0.3 is 0 Å². The van der Waals surface area contributed by atoms with E-state index < -0.39 is 17.9 Å². The second-order valence-electron chi connectivity index (χ2n) is 10.6. The van der Waals surface area contributed by atoms with Gasteiger partial charge in [-0.25, -0.2) is 4.39 Å². The Morgan fingerprint density at radius 1 is 1.29 bits per heavy atom. The van der Waals surface area contributed by atoms with Crippen molar-refractivity contribution >= 4 is 17.7 Å².